The number of hydrogen-bond acceptors (Lipinski definition) is 3. The van der Waals surface area contributed by atoms with E-state index in [4.69, 9.17) is 4.42 Å². The molecule has 0 fully saturated rings. The number of anilines is 1. The minimum atomic E-state index is -0.335. The van der Waals surface area contributed by atoms with Gasteiger partial charge in [-0.3, -0.25) is 4.79 Å². The van der Waals surface area contributed by atoms with Crippen LogP contribution < -0.4 is 5.32 Å². The first-order chi connectivity index (χ1) is 15.8. The summed E-state index contributed by atoms with van der Waals surface area (Å²) in [6.45, 7) is 6.81. The van der Waals surface area contributed by atoms with E-state index in [0.29, 0.717) is 18.0 Å². The van der Waals surface area contributed by atoms with Gasteiger partial charge < -0.3 is 19.5 Å². The van der Waals surface area contributed by atoms with Gasteiger partial charge in [-0.2, -0.15) is 0 Å². The van der Waals surface area contributed by atoms with Gasteiger partial charge in [0, 0.05) is 18.8 Å². The van der Waals surface area contributed by atoms with Crippen molar-refractivity contribution in [2.45, 2.75) is 33.9 Å². The number of rotatable bonds is 9. The van der Waals surface area contributed by atoms with Crippen molar-refractivity contribution in [3.05, 3.63) is 89.6 Å². The number of benzene rings is 2. The molecule has 0 aliphatic heterocycles. The highest BCUT2D eigenvalue weighted by Gasteiger charge is 2.23. The molecule has 2 aromatic carbocycles. The highest BCUT2D eigenvalue weighted by molar-refractivity contribution is 5.92. The smallest absolute Gasteiger partial charge is 0.322 e. The quantitative estimate of drug-likeness (QED) is 0.471. The maximum Gasteiger partial charge on any atom is 0.322 e. The van der Waals surface area contributed by atoms with Gasteiger partial charge >= 0.3 is 6.03 Å². The van der Waals surface area contributed by atoms with E-state index in [1.165, 1.54) is 17.0 Å². The summed E-state index contributed by atoms with van der Waals surface area (Å²) in [5, 5.41) is 2.89. The minimum absolute atomic E-state index is 0.0856. The predicted molar refractivity (Wildman–Crippen MR) is 126 cm³/mol. The van der Waals surface area contributed by atoms with Crippen LogP contribution in [-0.2, 0) is 17.9 Å². The molecule has 0 saturated heterocycles. The largest absolute Gasteiger partial charge is 0.467 e. The van der Waals surface area contributed by atoms with Crippen molar-refractivity contribution in [2.75, 3.05) is 18.4 Å². The molecular weight excluding hydrogens is 421 g/mol. The molecule has 3 aromatic rings. The molecule has 0 aliphatic rings. The van der Waals surface area contributed by atoms with Gasteiger partial charge in [0.25, 0.3) is 0 Å². The van der Waals surface area contributed by atoms with Crippen molar-refractivity contribution in [3.8, 4) is 0 Å². The average molecular weight is 452 g/mol. The molecule has 0 spiro atoms. The van der Waals surface area contributed by atoms with Crippen LogP contribution in [0.15, 0.2) is 71.3 Å². The molecule has 0 radical (unpaired) electrons. The topological polar surface area (TPSA) is 65.8 Å². The van der Waals surface area contributed by atoms with E-state index in [1.807, 2.05) is 45.0 Å². The lowest BCUT2D eigenvalue weighted by molar-refractivity contribution is -0.133. The molecule has 3 rings (SSSR count). The average Bonchev–Trinajstić information content (AvgIpc) is 3.27. The first kappa shape index (κ1) is 24.0. The molecule has 7 heteroatoms. The lowest BCUT2D eigenvalue weighted by atomic mass is 10.2. The fourth-order valence-corrected chi connectivity index (χ4v) is 3.48. The molecule has 1 aromatic heterocycles. The van der Waals surface area contributed by atoms with Gasteiger partial charge in [-0.25, -0.2) is 9.18 Å². The van der Waals surface area contributed by atoms with Gasteiger partial charge in [-0.05, 0) is 60.4 Å². The third kappa shape index (κ3) is 7.49. The van der Waals surface area contributed by atoms with Crippen LogP contribution in [0, 0.1) is 18.7 Å². The second-order valence-electron chi connectivity index (χ2n) is 8.53. The van der Waals surface area contributed by atoms with Crippen LogP contribution in [0.5, 0.6) is 0 Å². The van der Waals surface area contributed by atoms with Crippen LogP contribution in [0.1, 0.15) is 30.7 Å². The van der Waals surface area contributed by atoms with Crippen molar-refractivity contribution < 1.29 is 18.4 Å². The molecule has 0 bridgehead atoms. The zero-order chi connectivity index (χ0) is 23.8. The van der Waals surface area contributed by atoms with E-state index >= 15 is 0 Å². The van der Waals surface area contributed by atoms with Gasteiger partial charge in [-0.15, -0.1) is 0 Å². The Morgan fingerprint density at radius 2 is 1.76 bits per heavy atom. The summed E-state index contributed by atoms with van der Waals surface area (Å²) in [6.07, 6.45) is 1.55. The summed E-state index contributed by atoms with van der Waals surface area (Å²) < 4.78 is 18.8. The molecular formula is C26H30FN3O3. The number of carbonyl (C=O) groups excluding carboxylic acids is 2. The van der Waals surface area contributed by atoms with Gasteiger partial charge in [0.05, 0.1) is 12.8 Å². The zero-order valence-electron chi connectivity index (χ0n) is 19.3. The first-order valence-electron chi connectivity index (χ1n) is 11.0. The third-order valence-electron chi connectivity index (χ3n) is 5.03. The number of amides is 3. The van der Waals surface area contributed by atoms with Crippen LogP contribution in [-0.4, -0.2) is 34.8 Å². The number of nitrogens with zero attached hydrogens (tertiary/aromatic N) is 2. The lowest BCUT2D eigenvalue weighted by Crippen LogP contribution is -2.45. The van der Waals surface area contributed by atoms with Gasteiger partial charge in [0.15, 0.2) is 0 Å². The van der Waals surface area contributed by atoms with Crippen molar-refractivity contribution in [2.24, 2.45) is 5.92 Å². The number of nitrogens with one attached hydrogen (secondary N) is 1. The van der Waals surface area contributed by atoms with Crippen LogP contribution >= 0.6 is 0 Å². The summed E-state index contributed by atoms with van der Waals surface area (Å²) in [7, 11) is 0. The maximum atomic E-state index is 13.3. The SMILES string of the molecule is Cc1cccc(NC(=O)N(CC(=O)N(Cc2ccc(F)cc2)Cc2ccco2)CC(C)C)c1. The molecule has 3 amide bonds. The Bertz CT molecular complexity index is 1050. The number of aryl methyl sites for hydroxylation is 1. The molecule has 1 N–H and O–H groups in total. The van der Waals surface area contributed by atoms with E-state index in [-0.39, 0.29) is 43.3 Å². The molecule has 174 valence electrons. The Balaban J connectivity index is 1.76. The number of furan rings is 1. The summed E-state index contributed by atoms with van der Waals surface area (Å²) >= 11 is 0. The van der Waals surface area contributed by atoms with Crippen LogP contribution in [0.25, 0.3) is 0 Å². The van der Waals surface area contributed by atoms with E-state index in [2.05, 4.69) is 5.32 Å². The van der Waals surface area contributed by atoms with Gasteiger partial charge in [-0.1, -0.05) is 38.1 Å². The van der Waals surface area contributed by atoms with E-state index in [1.54, 1.807) is 35.4 Å². The maximum absolute atomic E-state index is 13.3. The van der Waals surface area contributed by atoms with Crippen molar-refractivity contribution in [3.63, 3.8) is 0 Å². The van der Waals surface area contributed by atoms with E-state index in [0.717, 1.165) is 11.1 Å². The summed E-state index contributed by atoms with van der Waals surface area (Å²) in [4.78, 5) is 29.5. The standard InChI is InChI=1S/C26H30FN3O3/c1-19(2)15-30(26(32)28-23-7-4-6-20(3)14-23)18-25(31)29(17-24-8-5-13-33-24)16-21-9-11-22(27)12-10-21/h4-14,19H,15-18H2,1-3H3,(H,28,32). The molecule has 0 saturated carbocycles. The van der Waals surface area contributed by atoms with Crippen molar-refractivity contribution >= 4 is 17.6 Å². The number of urea groups is 1. The Morgan fingerprint density at radius 3 is 2.39 bits per heavy atom. The monoisotopic (exact) mass is 451 g/mol. The van der Waals surface area contributed by atoms with E-state index < -0.39 is 0 Å². The third-order valence-corrected chi connectivity index (χ3v) is 5.03. The van der Waals surface area contributed by atoms with Crippen LogP contribution in [0.4, 0.5) is 14.9 Å². The summed E-state index contributed by atoms with van der Waals surface area (Å²) in [5.74, 6) is 0.246. The highest BCUT2D eigenvalue weighted by Crippen LogP contribution is 2.15. The molecule has 0 atom stereocenters. The van der Waals surface area contributed by atoms with Crippen LogP contribution in [0.2, 0.25) is 0 Å². The molecule has 0 aliphatic carbocycles. The van der Waals surface area contributed by atoms with Gasteiger partial charge in [0.1, 0.15) is 18.1 Å². The fourth-order valence-electron chi connectivity index (χ4n) is 3.48. The second-order valence-corrected chi connectivity index (χ2v) is 8.53. The number of halogens is 1. The highest BCUT2D eigenvalue weighted by atomic mass is 19.1. The molecule has 33 heavy (non-hydrogen) atoms. The molecule has 6 nitrogen and oxygen atoms in total. The van der Waals surface area contributed by atoms with Gasteiger partial charge in [0.2, 0.25) is 5.91 Å². The van der Waals surface area contributed by atoms with Crippen molar-refractivity contribution in [1.29, 1.82) is 0 Å². The Kier molecular flexibility index (Phi) is 8.24. The predicted octanol–water partition coefficient (Wildman–Crippen LogP) is 5.45. The number of carbonyl (C=O) groups is 2. The van der Waals surface area contributed by atoms with Crippen LogP contribution in [0.3, 0.4) is 0 Å². The number of hydrogen-bond donors (Lipinski definition) is 1. The molecule has 1 heterocycles. The fraction of sp³-hybridized carbons (Fsp3) is 0.308. The first-order valence-corrected chi connectivity index (χ1v) is 11.0. The summed E-state index contributed by atoms with van der Waals surface area (Å²) in [6, 6.07) is 16.8. The Labute approximate surface area is 194 Å². The second kappa shape index (κ2) is 11.3. The minimum Gasteiger partial charge on any atom is -0.467 e. The lowest BCUT2D eigenvalue weighted by Gasteiger charge is -2.28. The normalized spacial score (nSPS) is 10.8. The Morgan fingerprint density at radius 1 is 1.00 bits per heavy atom. The zero-order valence-corrected chi connectivity index (χ0v) is 19.3. The molecule has 0 unspecified atom stereocenters. The summed E-state index contributed by atoms with van der Waals surface area (Å²) in [5.41, 5.74) is 2.50. The van der Waals surface area contributed by atoms with E-state index in [9.17, 15) is 14.0 Å². The Hall–Kier alpha value is -3.61. The van der Waals surface area contributed by atoms with Crippen molar-refractivity contribution in [1.82, 2.24) is 9.80 Å².